The quantitative estimate of drug-likeness (QED) is 0.819. The van der Waals surface area contributed by atoms with Crippen molar-refractivity contribution in [2.45, 2.75) is 84.3 Å². The molecule has 0 radical (unpaired) electrons. The lowest BCUT2D eigenvalue weighted by molar-refractivity contribution is -0.159. The van der Waals surface area contributed by atoms with Crippen LogP contribution in [0.2, 0.25) is 0 Å². The van der Waals surface area contributed by atoms with E-state index in [1.54, 1.807) is 0 Å². The van der Waals surface area contributed by atoms with Gasteiger partial charge in [0.2, 0.25) is 11.8 Å². The SMILES string of the molecule is CCC(CC)N1C(=O)C(C)(C2CC2)NC(=O)C1CC(C)C. The van der Waals surface area contributed by atoms with Gasteiger partial charge in [0.05, 0.1) is 0 Å². The van der Waals surface area contributed by atoms with Crippen LogP contribution < -0.4 is 5.32 Å². The van der Waals surface area contributed by atoms with Crippen LogP contribution in [0.3, 0.4) is 0 Å². The van der Waals surface area contributed by atoms with Gasteiger partial charge in [-0.15, -0.1) is 0 Å². The summed E-state index contributed by atoms with van der Waals surface area (Å²) in [5, 5.41) is 3.06. The van der Waals surface area contributed by atoms with Crippen molar-refractivity contribution >= 4 is 11.8 Å². The van der Waals surface area contributed by atoms with Gasteiger partial charge in [-0.1, -0.05) is 27.7 Å². The van der Waals surface area contributed by atoms with Crippen LogP contribution in [0, 0.1) is 11.8 Å². The van der Waals surface area contributed by atoms with Gasteiger partial charge in [-0.2, -0.15) is 0 Å². The average molecular weight is 294 g/mol. The van der Waals surface area contributed by atoms with Crippen molar-refractivity contribution in [1.82, 2.24) is 10.2 Å². The molecule has 1 saturated carbocycles. The monoisotopic (exact) mass is 294 g/mol. The molecule has 0 aromatic carbocycles. The summed E-state index contributed by atoms with van der Waals surface area (Å²) in [6.07, 6.45) is 4.66. The number of rotatable bonds is 6. The fourth-order valence-corrected chi connectivity index (χ4v) is 3.64. The van der Waals surface area contributed by atoms with Crippen LogP contribution in [0.1, 0.15) is 66.7 Å². The third-order valence-corrected chi connectivity index (χ3v) is 5.12. The summed E-state index contributed by atoms with van der Waals surface area (Å²) in [4.78, 5) is 27.7. The van der Waals surface area contributed by atoms with Crippen molar-refractivity contribution in [3.05, 3.63) is 0 Å². The molecule has 1 saturated heterocycles. The normalized spacial score (nSPS) is 30.2. The third kappa shape index (κ3) is 2.95. The van der Waals surface area contributed by atoms with Crippen molar-refractivity contribution in [3.8, 4) is 0 Å². The maximum Gasteiger partial charge on any atom is 0.249 e. The van der Waals surface area contributed by atoms with Gasteiger partial charge in [0.1, 0.15) is 11.6 Å². The van der Waals surface area contributed by atoms with E-state index in [0.29, 0.717) is 11.8 Å². The van der Waals surface area contributed by atoms with Crippen LogP contribution >= 0.6 is 0 Å². The zero-order chi connectivity index (χ0) is 15.8. The maximum absolute atomic E-state index is 13.1. The number of nitrogens with zero attached hydrogens (tertiary/aromatic N) is 1. The Morgan fingerprint density at radius 3 is 2.24 bits per heavy atom. The molecule has 0 bridgehead atoms. The van der Waals surface area contributed by atoms with E-state index in [0.717, 1.165) is 32.1 Å². The molecule has 2 atom stereocenters. The van der Waals surface area contributed by atoms with E-state index in [2.05, 4.69) is 33.0 Å². The second-order valence-electron chi connectivity index (χ2n) is 7.29. The smallest absolute Gasteiger partial charge is 0.249 e. The van der Waals surface area contributed by atoms with Crippen LogP contribution in [0.4, 0.5) is 0 Å². The number of amides is 2. The molecule has 4 heteroatoms. The van der Waals surface area contributed by atoms with Crippen molar-refractivity contribution in [3.63, 3.8) is 0 Å². The Morgan fingerprint density at radius 1 is 1.24 bits per heavy atom. The molecule has 2 unspecified atom stereocenters. The highest BCUT2D eigenvalue weighted by Gasteiger charge is 2.56. The highest BCUT2D eigenvalue weighted by Crippen LogP contribution is 2.43. The van der Waals surface area contributed by atoms with E-state index in [9.17, 15) is 9.59 Å². The molecular formula is C17H30N2O2. The van der Waals surface area contributed by atoms with Crippen LogP contribution in [-0.4, -0.2) is 34.3 Å². The Balaban J connectivity index is 2.33. The first-order valence-corrected chi connectivity index (χ1v) is 8.49. The van der Waals surface area contributed by atoms with E-state index >= 15 is 0 Å². The predicted octanol–water partition coefficient (Wildman–Crippen LogP) is 2.72. The van der Waals surface area contributed by atoms with Crippen LogP contribution in [0.15, 0.2) is 0 Å². The van der Waals surface area contributed by atoms with Crippen molar-refractivity contribution in [1.29, 1.82) is 0 Å². The number of carbonyl (C=O) groups excluding carboxylic acids is 2. The molecule has 0 spiro atoms. The van der Waals surface area contributed by atoms with Gasteiger partial charge in [0, 0.05) is 6.04 Å². The zero-order valence-electron chi connectivity index (χ0n) is 14.1. The predicted molar refractivity (Wildman–Crippen MR) is 83.7 cm³/mol. The van der Waals surface area contributed by atoms with Gasteiger partial charge < -0.3 is 10.2 Å². The number of piperazine rings is 1. The van der Waals surface area contributed by atoms with Gasteiger partial charge >= 0.3 is 0 Å². The Bertz CT molecular complexity index is 413. The molecule has 0 aromatic rings. The summed E-state index contributed by atoms with van der Waals surface area (Å²) >= 11 is 0. The summed E-state index contributed by atoms with van der Waals surface area (Å²) in [6.45, 7) is 10.4. The van der Waals surface area contributed by atoms with Crippen molar-refractivity contribution in [2.24, 2.45) is 11.8 Å². The number of hydrogen-bond acceptors (Lipinski definition) is 2. The van der Waals surface area contributed by atoms with E-state index in [4.69, 9.17) is 0 Å². The number of hydrogen-bond donors (Lipinski definition) is 1. The molecule has 2 aliphatic rings. The van der Waals surface area contributed by atoms with Crippen LogP contribution in [0.25, 0.3) is 0 Å². The minimum atomic E-state index is -0.673. The van der Waals surface area contributed by atoms with Crippen LogP contribution in [-0.2, 0) is 9.59 Å². The second kappa shape index (κ2) is 5.98. The summed E-state index contributed by atoms with van der Waals surface area (Å²) in [5.74, 6) is 0.912. The van der Waals surface area contributed by atoms with Gasteiger partial charge in [0.15, 0.2) is 0 Å². The molecule has 1 N–H and O–H groups in total. The Hall–Kier alpha value is -1.06. The molecular weight excluding hydrogens is 264 g/mol. The molecule has 120 valence electrons. The van der Waals surface area contributed by atoms with Gasteiger partial charge in [-0.05, 0) is 50.9 Å². The Kier molecular flexibility index (Phi) is 4.64. The molecule has 2 fully saturated rings. The Morgan fingerprint density at radius 2 is 1.81 bits per heavy atom. The highest BCUT2D eigenvalue weighted by atomic mass is 16.2. The molecule has 1 heterocycles. The minimum absolute atomic E-state index is 0.0459. The topological polar surface area (TPSA) is 49.4 Å². The fourth-order valence-electron chi connectivity index (χ4n) is 3.64. The summed E-state index contributed by atoms with van der Waals surface area (Å²) < 4.78 is 0. The first-order chi connectivity index (χ1) is 9.85. The molecule has 4 nitrogen and oxygen atoms in total. The molecule has 2 amide bonds. The zero-order valence-corrected chi connectivity index (χ0v) is 14.1. The molecule has 0 aromatic heterocycles. The van der Waals surface area contributed by atoms with Gasteiger partial charge in [-0.25, -0.2) is 0 Å². The molecule has 21 heavy (non-hydrogen) atoms. The van der Waals surface area contributed by atoms with E-state index < -0.39 is 5.54 Å². The molecule has 1 aliphatic carbocycles. The average Bonchev–Trinajstić information content (AvgIpc) is 3.24. The first kappa shape index (κ1) is 16.3. The molecule has 1 aliphatic heterocycles. The lowest BCUT2D eigenvalue weighted by Crippen LogP contribution is -2.72. The number of carbonyl (C=O) groups is 2. The Labute approximate surface area is 128 Å². The highest BCUT2D eigenvalue weighted by molar-refractivity contribution is 6.00. The number of nitrogens with one attached hydrogen (secondary N) is 1. The van der Waals surface area contributed by atoms with Gasteiger partial charge in [-0.3, -0.25) is 9.59 Å². The molecule has 2 rings (SSSR count). The maximum atomic E-state index is 13.1. The standard InChI is InChI=1S/C17H30N2O2/c1-6-13(7-2)19-14(10-11(3)4)15(20)18-17(5,16(19)21)12-8-9-12/h11-14H,6-10H2,1-5H3,(H,18,20). The summed E-state index contributed by atoms with van der Waals surface area (Å²) in [6, 6.07) is -0.125. The summed E-state index contributed by atoms with van der Waals surface area (Å²) in [7, 11) is 0. The fraction of sp³-hybridized carbons (Fsp3) is 0.882. The van der Waals surface area contributed by atoms with Gasteiger partial charge in [0.25, 0.3) is 0 Å². The van der Waals surface area contributed by atoms with Crippen molar-refractivity contribution in [2.75, 3.05) is 0 Å². The van der Waals surface area contributed by atoms with Crippen LogP contribution in [0.5, 0.6) is 0 Å². The third-order valence-electron chi connectivity index (χ3n) is 5.12. The van der Waals surface area contributed by atoms with Crippen molar-refractivity contribution < 1.29 is 9.59 Å². The second-order valence-corrected chi connectivity index (χ2v) is 7.29. The van der Waals surface area contributed by atoms with E-state index in [1.807, 2.05) is 11.8 Å². The largest absolute Gasteiger partial charge is 0.340 e. The minimum Gasteiger partial charge on any atom is -0.340 e. The first-order valence-electron chi connectivity index (χ1n) is 8.49. The van der Waals surface area contributed by atoms with E-state index in [-0.39, 0.29) is 23.9 Å². The lowest BCUT2D eigenvalue weighted by atomic mass is 9.85. The lowest BCUT2D eigenvalue weighted by Gasteiger charge is -2.48. The van der Waals surface area contributed by atoms with E-state index in [1.165, 1.54) is 0 Å². The summed E-state index contributed by atoms with van der Waals surface area (Å²) in [5.41, 5.74) is -0.673.